The highest BCUT2D eigenvalue weighted by Gasteiger charge is 2.16. The van der Waals surface area contributed by atoms with Crippen molar-refractivity contribution in [2.45, 2.75) is 13.8 Å². The van der Waals surface area contributed by atoms with E-state index in [0.717, 1.165) is 34.3 Å². The zero-order valence-electron chi connectivity index (χ0n) is 11.6. The molecule has 20 heavy (non-hydrogen) atoms. The lowest BCUT2D eigenvalue weighted by molar-refractivity contribution is 0.111. The Morgan fingerprint density at radius 1 is 1.35 bits per heavy atom. The highest BCUT2D eigenvalue weighted by Crippen LogP contribution is 2.40. The van der Waals surface area contributed by atoms with Crippen LogP contribution in [0.15, 0.2) is 24.4 Å². The van der Waals surface area contributed by atoms with E-state index in [1.165, 1.54) is 0 Å². The van der Waals surface area contributed by atoms with Crippen LogP contribution in [0.4, 0.5) is 0 Å². The van der Waals surface area contributed by atoms with Crippen LogP contribution < -0.4 is 4.74 Å². The Kier molecular flexibility index (Phi) is 4.40. The van der Waals surface area contributed by atoms with E-state index >= 15 is 0 Å². The molecule has 0 spiro atoms. The number of aldehydes is 1. The molecule has 0 N–H and O–H groups in total. The molecule has 2 aromatic rings. The molecular weight excluding hydrogens is 274 g/mol. The van der Waals surface area contributed by atoms with Crippen molar-refractivity contribution in [3.8, 4) is 16.9 Å². The fourth-order valence-electron chi connectivity index (χ4n) is 2.15. The van der Waals surface area contributed by atoms with Crippen molar-refractivity contribution < 1.29 is 9.53 Å². The van der Waals surface area contributed by atoms with E-state index < -0.39 is 0 Å². The van der Waals surface area contributed by atoms with Crippen molar-refractivity contribution in [3.63, 3.8) is 0 Å². The van der Waals surface area contributed by atoms with Crippen molar-refractivity contribution >= 4 is 17.9 Å². The van der Waals surface area contributed by atoms with Gasteiger partial charge in [0.15, 0.2) is 6.29 Å². The summed E-state index contributed by atoms with van der Waals surface area (Å²) >= 11 is 6.28. The van der Waals surface area contributed by atoms with Gasteiger partial charge in [-0.1, -0.05) is 24.6 Å². The van der Waals surface area contributed by atoms with Crippen molar-refractivity contribution in [3.05, 3.63) is 52.7 Å². The van der Waals surface area contributed by atoms with Gasteiger partial charge in [-0.05, 0) is 36.6 Å². The molecule has 0 aliphatic heterocycles. The average molecular weight is 289 g/mol. The molecule has 0 bridgehead atoms. The minimum absolute atomic E-state index is 0.398. The molecule has 0 atom stereocenters. The number of nitrogens with zero attached hydrogens (tertiary/aromatic N) is 1. The number of hydrogen-bond donors (Lipinski definition) is 0. The van der Waals surface area contributed by atoms with E-state index in [1.54, 1.807) is 19.4 Å². The fraction of sp³-hybridized carbons (Fsp3) is 0.188. The lowest BCUT2D eigenvalue weighted by Gasteiger charge is -2.17. The number of carbonyl (C=O) groups is 1. The van der Waals surface area contributed by atoms with Crippen LogP contribution in [-0.4, -0.2) is 18.4 Å². The van der Waals surface area contributed by atoms with Crippen LogP contribution in [-0.2, 0) is 0 Å². The summed E-state index contributed by atoms with van der Waals surface area (Å²) in [6.07, 6.45) is 4.32. The number of carbonyl (C=O) groups excluding carboxylic acids is 1. The second-order valence-electron chi connectivity index (χ2n) is 4.36. The molecular formula is C16H15ClNO2. The van der Waals surface area contributed by atoms with Gasteiger partial charge >= 0.3 is 0 Å². The van der Waals surface area contributed by atoms with Gasteiger partial charge in [0.25, 0.3) is 0 Å². The molecule has 0 aliphatic rings. The zero-order chi connectivity index (χ0) is 14.7. The molecule has 0 saturated carbocycles. The Morgan fingerprint density at radius 3 is 2.60 bits per heavy atom. The van der Waals surface area contributed by atoms with Gasteiger partial charge in [-0.3, -0.25) is 9.78 Å². The van der Waals surface area contributed by atoms with E-state index in [1.807, 2.05) is 32.4 Å². The number of rotatable bonds is 4. The lowest BCUT2D eigenvalue weighted by Crippen LogP contribution is -1.97. The molecule has 1 radical (unpaired) electrons. The number of aromatic nitrogens is 1. The topological polar surface area (TPSA) is 39.2 Å². The first-order chi connectivity index (χ1) is 9.62. The van der Waals surface area contributed by atoms with Crippen LogP contribution in [0, 0.1) is 13.3 Å². The minimum Gasteiger partial charge on any atom is -0.496 e. The van der Waals surface area contributed by atoms with Crippen molar-refractivity contribution in [1.82, 2.24) is 4.98 Å². The number of ether oxygens (including phenoxy) is 1. The average Bonchev–Trinajstić information content (AvgIpc) is 2.49. The molecule has 1 aromatic carbocycles. The summed E-state index contributed by atoms with van der Waals surface area (Å²) in [6.45, 7) is 3.87. The van der Waals surface area contributed by atoms with Crippen LogP contribution in [0.5, 0.6) is 5.75 Å². The largest absolute Gasteiger partial charge is 0.496 e. The van der Waals surface area contributed by atoms with Gasteiger partial charge in [-0.15, -0.1) is 0 Å². The van der Waals surface area contributed by atoms with Crippen LogP contribution in [0.1, 0.15) is 28.5 Å². The van der Waals surface area contributed by atoms with Crippen molar-refractivity contribution in [1.29, 1.82) is 0 Å². The molecule has 0 fully saturated rings. The van der Waals surface area contributed by atoms with Gasteiger partial charge in [0.05, 0.1) is 7.11 Å². The third kappa shape index (κ3) is 2.54. The fourth-order valence-corrected chi connectivity index (χ4v) is 2.36. The Morgan fingerprint density at radius 2 is 2.10 bits per heavy atom. The van der Waals surface area contributed by atoms with Gasteiger partial charge in [0.1, 0.15) is 11.4 Å². The summed E-state index contributed by atoms with van der Waals surface area (Å²) in [5.74, 6) is 0.759. The molecule has 2 rings (SSSR count). The third-order valence-corrected chi connectivity index (χ3v) is 3.61. The molecule has 0 unspecified atom stereocenters. The van der Waals surface area contributed by atoms with Crippen LogP contribution in [0.25, 0.3) is 11.1 Å². The predicted molar refractivity (Wildman–Crippen MR) is 80.4 cm³/mol. The second-order valence-corrected chi connectivity index (χ2v) is 4.77. The molecule has 0 amide bonds. The smallest absolute Gasteiger partial charge is 0.168 e. The summed E-state index contributed by atoms with van der Waals surface area (Å²) in [5, 5.41) is 0.674. The number of halogens is 1. The normalized spacial score (nSPS) is 10.4. The maximum atomic E-state index is 10.7. The van der Waals surface area contributed by atoms with Crippen molar-refractivity contribution in [2.24, 2.45) is 0 Å². The monoisotopic (exact) mass is 288 g/mol. The predicted octanol–water partition coefficient (Wildman–Crippen LogP) is 4.10. The molecule has 1 aromatic heterocycles. The quantitative estimate of drug-likeness (QED) is 0.795. The Balaban J connectivity index is 2.69. The Labute approximate surface area is 123 Å². The SMILES string of the molecule is C[CH]c1cc(Cl)c(C)c(-c2ccc(C=O)nc2)c1OC. The van der Waals surface area contributed by atoms with Gasteiger partial charge in [0.2, 0.25) is 0 Å². The van der Waals surface area contributed by atoms with E-state index in [2.05, 4.69) is 4.98 Å². The first-order valence-electron chi connectivity index (χ1n) is 6.20. The standard InChI is InChI=1S/C16H15ClNO2/c1-4-11-7-14(17)10(2)15(16(11)20-3)12-5-6-13(9-19)18-8-12/h4-9H,1-3H3. The number of methoxy groups -OCH3 is 1. The molecule has 103 valence electrons. The number of benzene rings is 1. The first-order valence-corrected chi connectivity index (χ1v) is 6.58. The van der Waals surface area contributed by atoms with E-state index in [4.69, 9.17) is 16.3 Å². The lowest BCUT2D eigenvalue weighted by atomic mass is 9.96. The highest BCUT2D eigenvalue weighted by molar-refractivity contribution is 6.32. The minimum atomic E-state index is 0.398. The van der Waals surface area contributed by atoms with E-state index in [0.29, 0.717) is 10.7 Å². The summed E-state index contributed by atoms with van der Waals surface area (Å²) in [7, 11) is 1.63. The first kappa shape index (κ1) is 14.5. The Bertz CT molecular complexity index is 636. The summed E-state index contributed by atoms with van der Waals surface area (Å²) in [6, 6.07) is 5.40. The van der Waals surface area contributed by atoms with Crippen LogP contribution in [0.2, 0.25) is 5.02 Å². The maximum Gasteiger partial charge on any atom is 0.168 e. The molecule has 3 nitrogen and oxygen atoms in total. The maximum absolute atomic E-state index is 10.7. The Hall–Kier alpha value is -1.87. The summed E-state index contributed by atoms with van der Waals surface area (Å²) < 4.78 is 5.53. The van der Waals surface area contributed by atoms with E-state index in [9.17, 15) is 4.79 Å². The van der Waals surface area contributed by atoms with Crippen LogP contribution >= 0.6 is 11.6 Å². The van der Waals surface area contributed by atoms with Crippen molar-refractivity contribution in [2.75, 3.05) is 7.11 Å². The zero-order valence-corrected chi connectivity index (χ0v) is 12.4. The van der Waals surface area contributed by atoms with Gasteiger partial charge in [-0.2, -0.15) is 0 Å². The number of hydrogen-bond acceptors (Lipinski definition) is 3. The summed E-state index contributed by atoms with van der Waals surface area (Å²) in [5.41, 5.74) is 4.02. The van der Waals surface area contributed by atoms with E-state index in [-0.39, 0.29) is 0 Å². The van der Waals surface area contributed by atoms with Crippen LogP contribution in [0.3, 0.4) is 0 Å². The summed E-state index contributed by atoms with van der Waals surface area (Å²) in [4.78, 5) is 14.8. The third-order valence-electron chi connectivity index (χ3n) is 3.22. The molecule has 4 heteroatoms. The van der Waals surface area contributed by atoms with Gasteiger partial charge < -0.3 is 4.74 Å². The molecule has 1 heterocycles. The molecule has 0 aliphatic carbocycles. The number of pyridine rings is 1. The van der Waals surface area contributed by atoms with Gasteiger partial charge in [-0.25, -0.2) is 0 Å². The second kappa shape index (κ2) is 6.06. The molecule has 0 saturated heterocycles. The van der Waals surface area contributed by atoms with Gasteiger partial charge in [0, 0.05) is 22.3 Å². The highest BCUT2D eigenvalue weighted by atomic mass is 35.5.